The molecule has 1 saturated carbocycles. The lowest BCUT2D eigenvalue weighted by atomic mass is 9.72. The van der Waals surface area contributed by atoms with Crippen LogP contribution in [0.15, 0.2) is 29.7 Å². The fourth-order valence-corrected chi connectivity index (χ4v) is 3.53. The van der Waals surface area contributed by atoms with Crippen molar-refractivity contribution in [1.82, 2.24) is 4.57 Å². The molecule has 112 valence electrons. The molecule has 1 aliphatic heterocycles. The van der Waals surface area contributed by atoms with E-state index in [0.717, 1.165) is 25.7 Å². The minimum absolute atomic E-state index is 0.130. The summed E-state index contributed by atoms with van der Waals surface area (Å²) in [5.74, 6) is -0.770. The van der Waals surface area contributed by atoms with Gasteiger partial charge in [-0.25, -0.2) is 4.79 Å². The van der Waals surface area contributed by atoms with Gasteiger partial charge in [0.2, 0.25) is 5.78 Å². The zero-order chi connectivity index (χ0) is 15.2. The Hall–Kier alpha value is -2.04. The first-order chi connectivity index (χ1) is 10.0. The number of aliphatic hydroxyl groups excluding tert-OH is 1. The molecular formula is C16H19NO4. The first-order valence-corrected chi connectivity index (χ1v) is 7.26. The summed E-state index contributed by atoms with van der Waals surface area (Å²) in [5.41, 5.74) is -0.441. The number of fused-ring (bicyclic) bond motifs is 2. The van der Waals surface area contributed by atoms with Crippen LogP contribution in [0.4, 0.5) is 0 Å². The van der Waals surface area contributed by atoms with Gasteiger partial charge in [0.25, 0.3) is 0 Å². The summed E-state index contributed by atoms with van der Waals surface area (Å²) in [4.78, 5) is 24.4. The average Bonchev–Trinajstić information content (AvgIpc) is 2.97. The summed E-state index contributed by atoms with van der Waals surface area (Å²) in [6, 6.07) is 3.47. The lowest BCUT2D eigenvalue weighted by Gasteiger charge is -2.43. The van der Waals surface area contributed by atoms with Crippen LogP contribution in [0.2, 0.25) is 0 Å². The standard InChI is InChI=1S/C16H19NO4/c1-10-5-7-16(8-6-10)14(19)12(15(20)21-2)13(18)11-4-3-9-17(11)16/h3-4,9-10,19H,5-8H2,1-2H3/t10-,16+. The molecule has 1 aromatic heterocycles. The number of rotatable bonds is 1. The van der Waals surface area contributed by atoms with Crippen LogP contribution in [-0.4, -0.2) is 28.5 Å². The molecule has 1 N–H and O–H groups in total. The molecule has 5 heteroatoms. The molecule has 0 unspecified atom stereocenters. The van der Waals surface area contributed by atoms with E-state index in [1.54, 1.807) is 12.1 Å². The summed E-state index contributed by atoms with van der Waals surface area (Å²) in [6.07, 6.45) is 5.15. The quantitative estimate of drug-likeness (QED) is 0.637. The number of allylic oxidation sites excluding steroid dienone is 1. The van der Waals surface area contributed by atoms with Crippen molar-refractivity contribution < 1.29 is 19.4 Å². The molecule has 0 amide bonds. The molecule has 5 nitrogen and oxygen atoms in total. The Kier molecular flexibility index (Phi) is 3.15. The molecule has 1 aliphatic carbocycles. The number of aromatic nitrogens is 1. The number of esters is 1. The predicted octanol–water partition coefficient (Wildman–Crippen LogP) is 2.57. The van der Waals surface area contributed by atoms with Crippen LogP contribution in [0.5, 0.6) is 0 Å². The maximum atomic E-state index is 12.4. The van der Waals surface area contributed by atoms with Gasteiger partial charge in [0.1, 0.15) is 16.9 Å². The molecule has 0 bridgehead atoms. The number of carbonyl (C=O) groups excluding carboxylic acids is 2. The third-order valence-corrected chi connectivity index (χ3v) is 4.84. The van der Waals surface area contributed by atoms with E-state index in [1.165, 1.54) is 7.11 Å². The topological polar surface area (TPSA) is 68.5 Å². The number of Topliss-reactive ketones (excluding diaryl/α,β-unsaturated/α-hetero) is 1. The van der Waals surface area contributed by atoms with Gasteiger partial charge in [-0.3, -0.25) is 4.79 Å². The zero-order valence-corrected chi connectivity index (χ0v) is 12.3. The van der Waals surface area contributed by atoms with Gasteiger partial charge in [-0.05, 0) is 43.7 Å². The van der Waals surface area contributed by atoms with Crippen LogP contribution >= 0.6 is 0 Å². The highest BCUT2D eigenvalue weighted by Gasteiger charge is 2.48. The highest BCUT2D eigenvalue weighted by atomic mass is 16.5. The van der Waals surface area contributed by atoms with Gasteiger partial charge in [0, 0.05) is 6.20 Å². The highest BCUT2D eigenvalue weighted by Crippen LogP contribution is 2.46. The Morgan fingerprint density at radius 1 is 1.43 bits per heavy atom. The number of methoxy groups -OCH3 is 1. The molecular weight excluding hydrogens is 270 g/mol. The minimum Gasteiger partial charge on any atom is -0.509 e. The maximum Gasteiger partial charge on any atom is 0.345 e. The van der Waals surface area contributed by atoms with E-state index in [4.69, 9.17) is 4.74 Å². The second kappa shape index (κ2) is 4.76. The fraction of sp³-hybridized carbons (Fsp3) is 0.500. The molecule has 0 atom stereocenters. The molecule has 2 aliphatic rings. The van der Waals surface area contributed by atoms with Gasteiger partial charge in [0.15, 0.2) is 0 Å². The summed E-state index contributed by atoms with van der Waals surface area (Å²) in [7, 11) is 1.22. The predicted molar refractivity (Wildman–Crippen MR) is 76.0 cm³/mol. The second-order valence-corrected chi connectivity index (χ2v) is 6.02. The van der Waals surface area contributed by atoms with Crippen LogP contribution in [0.1, 0.15) is 43.1 Å². The number of aliphatic hydroxyl groups is 1. The van der Waals surface area contributed by atoms with Gasteiger partial charge >= 0.3 is 5.97 Å². The third-order valence-electron chi connectivity index (χ3n) is 4.84. The van der Waals surface area contributed by atoms with Gasteiger partial charge < -0.3 is 14.4 Å². The molecule has 1 fully saturated rings. The number of carbonyl (C=O) groups is 2. The molecule has 1 aromatic rings. The van der Waals surface area contributed by atoms with E-state index in [9.17, 15) is 14.7 Å². The van der Waals surface area contributed by atoms with Gasteiger partial charge in [-0.1, -0.05) is 6.92 Å². The van der Waals surface area contributed by atoms with Crippen molar-refractivity contribution in [3.8, 4) is 0 Å². The Morgan fingerprint density at radius 2 is 2.10 bits per heavy atom. The van der Waals surface area contributed by atoms with Crippen molar-refractivity contribution in [2.45, 2.75) is 38.1 Å². The van der Waals surface area contributed by atoms with E-state index >= 15 is 0 Å². The van der Waals surface area contributed by atoms with Crippen molar-refractivity contribution in [3.63, 3.8) is 0 Å². The Morgan fingerprint density at radius 3 is 2.71 bits per heavy atom. The summed E-state index contributed by atoms with van der Waals surface area (Å²) >= 11 is 0. The first kappa shape index (κ1) is 13.9. The molecule has 0 radical (unpaired) electrons. The molecule has 3 rings (SSSR count). The van der Waals surface area contributed by atoms with Crippen molar-refractivity contribution in [1.29, 1.82) is 0 Å². The van der Waals surface area contributed by atoms with E-state index < -0.39 is 17.3 Å². The van der Waals surface area contributed by atoms with E-state index in [-0.39, 0.29) is 11.3 Å². The number of hydrogen-bond donors (Lipinski definition) is 1. The number of ether oxygens (including phenoxy) is 1. The largest absolute Gasteiger partial charge is 0.509 e. The van der Waals surface area contributed by atoms with Crippen LogP contribution in [0.3, 0.4) is 0 Å². The number of hydrogen-bond acceptors (Lipinski definition) is 4. The molecule has 0 aromatic carbocycles. The SMILES string of the molecule is COC(=O)C1=C(O)[C@]2(CC[C@H](C)CC2)n2cccc2C1=O. The van der Waals surface area contributed by atoms with Gasteiger partial charge in [0.05, 0.1) is 12.8 Å². The van der Waals surface area contributed by atoms with Gasteiger partial charge in [-0.2, -0.15) is 0 Å². The molecule has 1 spiro atoms. The highest BCUT2D eigenvalue weighted by molar-refractivity contribution is 6.24. The Balaban J connectivity index is 2.19. The average molecular weight is 289 g/mol. The van der Waals surface area contributed by atoms with Crippen LogP contribution in [-0.2, 0) is 15.1 Å². The Labute approximate surface area is 123 Å². The number of ketones is 1. The Bertz CT molecular complexity index is 632. The van der Waals surface area contributed by atoms with Crippen molar-refractivity contribution in [3.05, 3.63) is 35.4 Å². The van der Waals surface area contributed by atoms with Crippen molar-refractivity contribution in [2.75, 3.05) is 7.11 Å². The smallest absolute Gasteiger partial charge is 0.345 e. The van der Waals surface area contributed by atoms with Gasteiger partial charge in [-0.15, -0.1) is 0 Å². The molecule has 0 saturated heterocycles. The molecule has 2 heterocycles. The van der Waals surface area contributed by atoms with Crippen LogP contribution in [0.25, 0.3) is 0 Å². The van der Waals surface area contributed by atoms with Crippen molar-refractivity contribution in [2.24, 2.45) is 5.92 Å². The minimum atomic E-state index is -0.761. The lowest BCUT2D eigenvalue weighted by molar-refractivity contribution is -0.136. The molecule has 21 heavy (non-hydrogen) atoms. The van der Waals surface area contributed by atoms with Crippen molar-refractivity contribution >= 4 is 11.8 Å². The number of nitrogens with zero attached hydrogens (tertiary/aromatic N) is 1. The van der Waals surface area contributed by atoms with E-state index in [0.29, 0.717) is 11.6 Å². The van der Waals surface area contributed by atoms with E-state index in [2.05, 4.69) is 6.92 Å². The third kappa shape index (κ3) is 1.83. The summed E-state index contributed by atoms with van der Waals surface area (Å²) in [6.45, 7) is 2.18. The normalized spacial score (nSPS) is 28.7. The lowest BCUT2D eigenvalue weighted by Crippen LogP contribution is -2.45. The zero-order valence-electron chi connectivity index (χ0n) is 12.3. The summed E-state index contributed by atoms with van der Waals surface area (Å²) in [5, 5.41) is 10.7. The maximum absolute atomic E-state index is 12.4. The summed E-state index contributed by atoms with van der Waals surface area (Å²) < 4.78 is 6.53. The fourth-order valence-electron chi connectivity index (χ4n) is 3.53. The second-order valence-electron chi connectivity index (χ2n) is 6.02. The first-order valence-electron chi connectivity index (χ1n) is 7.26. The monoisotopic (exact) mass is 289 g/mol. The van der Waals surface area contributed by atoms with E-state index in [1.807, 2.05) is 10.8 Å². The van der Waals surface area contributed by atoms with Crippen LogP contribution < -0.4 is 0 Å². The van der Waals surface area contributed by atoms with Crippen LogP contribution in [0, 0.1) is 5.92 Å².